The first-order valence-corrected chi connectivity index (χ1v) is 24.6. The van der Waals surface area contributed by atoms with Crippen LogP contribution in [0.2, 0.25) is 0 Å². The van der Waals surface area contributed by atoms with Crippen molar-refractivity contribution in [2.75, 3.05) is 46.2 Å². The highest BCUT2D eigenvalue weighted by Gasteiger charge is 2.65. The third kappa shape index (κ3) is 11.9. The van der Waals surface area contributed by atoms with E-state index in [4.69, 9.17) is 28.9 Å². The van der Waals surface area contributed by atoms with Crippen LogP contribution in [-0.2, 0) is 25.7 Å². The lowest BCUT2D eigenvalue weighted by atomic mass is 9.55. The lowest BCUT2D eigenvalue weighted by molar-refractivity contribution is -0.384. The van der Waals surface area contributed by atoms with Crippen molar-refractivity contribution < 1.29 is 48.8 Å². The molecule has 2 aliphatic carbocycles. The number of aliphatic hydroxyl groups excluding tert-OH is 3. The highest BCUT2D eigenvalue weighted by Crippen LogP contribution is 2.62. The van der Waals surface area contributed by atoms with Crippen LogP contribution in [-0.4, -0.2) is 94.8 Å². The fraction of sp³-hybridized carbons (Fsp3) is 0.368. The quantitative estimate of drug-likeness (QED) is 0.0166. The molecule has 8 rings (SSSR count). The summed E-state index contributed by atoms with van der Waals surface area (Å²) in [4.78, 5) is 33.9. The molecule has 71 heavy (non-hydrogen) atoms. The number of fused-ring (bicyclic) bond motifs is 3. The number of nitro groups is 1. The van der Waals surface area contributed by atoms with Crippen molar-refractivity contribution >= 4 is 34.2 Å². The topological polar surface area (TPSA) is 183 Å². The number of hydrogen-bond donors (Lipinski definition) is 3. The Labute approximate surface area is 414 Å². The summed E-state index contributed by atoms with van der Waals surface area (Å²) < 4.78 is 27.1. The van der Waals surface area contributed by atoms with E-state index in [0.717, 1.165) is 53.2 Å². The molecule has 5 aromatic rings. The Morgan fingerprint density at radius 1 is 0.859 bits per heavy atom. The van der Waals surface area contributed by atoms with E-state index in [0.29, 0.717) is 41.4 Å². The van der Waals surface area contributed by atoms with Crippen LogP contribution in [0.3, 0.4) is 0 Å². The van der Waals surface area contributed by atoms with Gasteiger partial charge in [-0.05, 0) is 114 Å². The van der Waals surface area contributed by atoms with Crippen LogP contribution in [0.4, 0.5) is 5.69 Å². The van der Waals surface area contributed by atoms with Crippen LogP contribution in [0.25, 0.3) is 16.8 Å². The maximum Gasteiger partial charge on any atom is 0.269 e. The Balaban J connectivity index is 1.31. The van der Waals surface area contributed by atoms with Gasteiger partial charge in [-0.15, -0.1) is 6.58 Å². The number of rotatable bonds is 25. The number of oxime groups is 1. The third-order valence-corrected chi connectivity index (χ3v) is 13.7. The van der Waals surface area contributed by atoms with Gasteiger partial charge in [-0.2, -0.15) is 0 Å². The Kier molecular flexibility index (Phi) is 17.4. The van der Waals surface area contributed by atoms with Gasteiger partial charge < -0.3 is 44.0 Å². The molecule has 14 nitrogen and oxygen atoms in total. The summed E-state index contributed by atoms with van der Waals surface area (Å²) in [6, 6.07) is 34.8. The van der Waals surface area contributed by atoms with Crippen molar-refractivity contribution in [2.45, 2.75) is 69.3 Å². The number of unbranched alkanes of at least 4 members (excludes halogenated alkanes) is 2. The van der Waals surface area contributed by atoms with Crippen LogP contribution in [0, 0.1) is 27.9 Å². The highest BCUT2D eigenvalue weighted by atomic mass is 16.7. The van der Waals surface area contributed by atoms with Gasteiger partial charge in [0.15, 0.2) is 0 Å². The molecule has 3 aliphatic rings. The van der Waals surface area contributed by atoms with Crippen molar-refractivity contribution in [3.8, 4) is 17.2 Å². The monoisotopic (exact) mass is 965 g/mol. The molecule has 0 saturated heterocycles. The van der Waals surface area contributed by atoms with Crippen LogP contribution in [0.1, 0.15) is 67.6 Å². The average molecular weight is 966 g/mol. The minimum Gasteiger partial charge on any atom is -0.459 e. The smallest absolute Gasteiger partial charge is 0.269 e. The molecule has 372 valence electrons. The summed E-state index contributed by atoms with van der Waals surface area (Å²) in [6.07, 6.45) is 11.5. The maximum atomic E-state index is 15.0. The summed E-state index contributed by atoms with van der Waals surface area (Å²) in [5.41, 5.74) is 3.86. The number of aliphatic hydroxyl groups is 3. The number of amides is 1. The van der Waals surface area contributed by atoms with Gasteiger partial charge in [0.1, 0.15) is 29.9 Å². The molecule has 0 radical (unpaired) electrons. The minimum atomic E-state index is -1.55. The predicted octanol–water partition coefficient (Wildman–Crippen LogP) is 9.93. The SMILES string of the molecule is C=CCOC12Oc3ccc(Oc4ccc5ccccc5c4)cc3C3C(CCCCO)C(CCCCO)C=C(C(=NOCc4ccccc4)CC1N(CCOCCO)C(=O)C=Cc1ccc([N+](=O)[O-])cc1)C32. The second kappa shape index (κ2) is 24.4. The van der Waals surface area contributed by atoms with Crippen molar-refractivity contribution in [1.29, 1.82) is 0 Å². The highest BCUT2D eigenvalue weighted by molar-refractivity contribution is 6.03. The van der Waals surface area contributed by atoms with E-state index in [1.807, 2.05) is 72.8 Å². The van der Waals surface area contributed by atoms with Crippen LogP contribution in [0.5, 0.6) is 17.2 Å². The number of non-ortho nitro benzene ring substituents is 1. The second-order valence-corrected chi connectivity index (χ2v) is 18.2. The van der Waals surface area contributed by atoms with E-state index in [1.165, 1.54) is 18.2 Å². The van der Waals surface area contributed by atoms with E-state index in [9.17, 15) is 25.4 Å². The Hall–Kier alpha value is -6.68. The predicted molar refractivity (Wildman–Crippen MR) is 272 cm³/mol. The number of carbonyl (C=O) groups is 1. The molecule has 5 aromatic carbocycles. The molecular formula is C57H63N3O11. The van der Waals surface area contributed by atoms with E-state index in [1.54, 1.807) is 29.2 Å². The minimum absolute atomic E-state index is 0.00901. The fourth-order valence-corrected chi connectivity index (χ4v) is 10.6. The molecule has 1 fully saturated rings. The molecule has 0 spiro atoms. The largest absolute Gasteiger partial charge is 0.459 e. The Morgan fingerprint density at radius 2 is 1.59 bits per heavy atom. The molecule has 1 amide bonds. The number of nitro benzene ring substituents is 1. The van der Waals surface area contributed by atoms with E-state index in [2.05, 4.69) is 30.9 Å². The molecular weight excluding hydrogens is 903 g/mol. The number of allylic oxidation sites excluding steroid dienone is 1. The molecule has 1 heterocycles. The lowest BCUT2D eigenvalue weighted by Gasteiger charge is -2.60. The zero-order valence-electron chi connectivity index (χ0n) is 39.9. The standard InChI is InChI=1S/C57H63N3O11/c1-2-32-68-57-53(59(28-33-67-34-31-63)54(64)27-20-40-18-22-45(23-19-40)60(65)66)38-51(58-69-39-41-12-4-3-5-13-41)49-36-44(16-8-10-29-61)48(17-9-11-30-62)55(56(49)57)50-37-47(25-26-52(50)71-57)70-46-24-21-42-14-6-7-15-43(42)35-46/h2-7,12-15,18-27,35-37,44,48,53,55-56,61-63H,1,8-11,16-17,28-34,38-39H2. The fourth-order valence-electron chi connectivity index (χ4n) is 10.6. The van der Waals surface area contributed by atoms with Gasteiger partial charge in [0, 0.05) is 55.9 Å². The summed E-state index contributed by atoms with van der Waals surface area (Å²) in [5, 5.41) is 48.3. The first-order valence-electron chi connectivity index (χ1n) is 24.6. The number of hydrogen-bond acceptors (Lipinski definition) is 12. The average Bonchev–Trinajstić information content (AvgIpc) is 3.39. The molecule has 0 aromatic heterocycles. The first-order chi connectivity index (χ1) is 34.8. The van der Waals surface area contributed by atoms with Gasteiger partial charge >= 0.3 is 0 Å². The summed E-state index contributed by atoms with van der Waals surface area (Å²) in [7, 11) is 0. The zero-order valence-corrected chi connectivity index (χ0v) is 39.9. The molecule has 6 atom stereocenters. The molecule has 3 N–H and O–H groups in total. The summed E-state index contributed by atoms with van der Waals surface area (Å²) in [5.74, 6) is -0.982. The second-order valence-electron chi connectivity index (χ2n) is 18.2. The van der Waals surface area contributed by atoms with E-state index >= 15 is 4.79 Å². The first kappa shape index (κ1) is 50.7. The Bertz CT molecular complexity index is 2690. The van der Waals surface area contributed by atoms with Crippen LogP contribution in [0.15, 0.2) is 151 Å². The number of ether oxygens (including phenoxy) is 4. The third-order valence-electron chi connectivity index (χ3n) is 13.7. The molecule has 14 heteroatoms. The van der Waals surface area contributed by atoms with Crippen molar-refractivity contribution in [1.82, 2.24) is 4.90 Å². The van der Waals surface area contributed by atoms with Crippen LogP contribution >= 0.6 is 0 Å². The van der Waals surface area contributed by atoms with Gasteiger partial charge in [0.05, 0.1) is 43.0 Å². The maximum absolute atomic E-state index is 15.0. The number of benzene rings is 5. The molecule has 1 aliphatic heterocycles. The van der Waals surface area contributed by atoms with Gasteiger partial charge in [0.25, 0.3) is 5.69 Å². The lowest BCUT2D eigenvalue weighted by Crippen LogP contribution is -2.70. The summed E-state index contributed by atoms with van der Waals surface area (Å²) in [6.45, 7) is 4.42. The normalized spacial score (nSPS) is 21.8. The zero-order chi connectivity index (χ0) is 49.6. The van der Waals surface area contributed by atoms with Gasteiger partial charge in [-0.3, -0.25) is 14.9 Å². The number of nitrogens with zero attached hydrogens (tertiary/aromatic N) is 3. The van der Waals surface area contributed by atoms with E-state index < -0.39 is 28.6 Å². The van der Waals surface area contributed by atoms with E-state index in [-0.39, 0.29) is 82.7 Å². The van der Waals surface area contributed by atoms with Gasteiger partial charge in [0.2, 0.25) is 11.7 Å². The van der Waals surface area contributed by atoms with Crippen molar-refractivity contribution in [3.63, 3.8) is 0 Å². The van der Waals surface area contributed by atoms with Crippen molar-refractivity contribution in [2.24, 2.45) is 22.9 Å². The number of carbonyl (C=O) groups excluding carboxylic acids is 1. The summed E-state index contributed by atoms with van der Waals surface area (Å²) >= 11 is 0. The molecule has 6 unspecified atom stereocenters. The molecule has 0 bridgehead atoms. The Morgan fingerprint density at radius 3 is 2.34 bits per heavy atom. The van der Waals surface area contributed by atoms with Gasteiger partial charge in [-0.25, -0.2) is 0 Å². The van der Waals surface area contributed by atoms with Crippen molar-refractivity contribution in [3.05, 3.63) is 172 Å². The van der Waals surface area contributed by atoms with Crippen LogP contribution < -0.4 is 9.47 Å². The van der Waals surface area contributed by atoms with Gasteiger partial charge in [-0.1, -0.05) is 90.8 Å². The molecule has 1 saturated carbocycles.